The molecule has 2 aromatic heterocycles. The lowest BCUT2D eigenvalue weighted by atomic mass is 9.93. The van der Waals surface area contributed by atoms with Crippen molar-refractivity contribution in [1.29, 1.82) is 0 Å². The number of pyridine rings is 1. The first kappa shape index (κ1) is 22.6. The van der Waals surface area contributed by atoms with Gasteiger partial charge in [-0.3, -0.25) is 9.78 Å². The highest BCUT2D eigenvalue weighted by Crippen LogP contribution is 2.54. The van der Waals surface area contributed by atoms with Crippen molar-refractivity contribution in [1.82, 2.24) is 15.3 Å². The van der Waals surface area contributed by atoms with E-state index in [-0.39, 0.29) is 17.4 Å². The second-order valence-electron chi connectivity index (χ2n) is 8.76. The van der Waals surface area contributed by atoms with Crippen LogP contribution in [0, 0.1) is 0 Å². The zero-order valence-corrected chi connectivity index (χ0v) is 20.1. The van der Waals surface area contributed by atoms with E-state index in [1.807, 2.05) is 25.1 Å². The minimum absolute atomic E-state index is 0.0606. The van der Waals surface area contributed by atoms with E-state index >= 15 is 0 Å². The molecule has 0 bridgehead atoms. The van der Waals surface area contributed by atoms with E-state index in [0.29, 0.717) is 46.6 Å². The molecule has 0 radical (unpaired) electrons. The normalized spacial score (nSPS) is 16.5. The Morgan fingerprint density at radius 2 is 2.09 bits per heavy atom. The molecular weight excluding hydrogens is 456 g/mol. The van der Waals surface area contributed by atoms with Gasteiger partial charge in [-0.2, -0.15) is 0 Å². The maximum absolute atomic E-state index is 13.1. The van der Waals surface area contributed by atoms with Crippen molar-refractivity contribution in [3.63, 3.8) is 0 Å². The number of aromatic amines is 1. The molecule has 1 saturated carbocycles. The quantitative estimate of drug-likeness (QED) is 0.431. The lowest BCUT2D eigenvalue weighted by Gasteiger charge is -2.23. The van der Waals surface area contributed by atoms with Crippen LogP contribution in [0.5, 0.6) is 11.5 Å². The molecule has 34 heavy (non-hydrogen) atoms. The first-order valence-corrected chi connectivity index (χ1v) is 11.6. The van der Waals surface area contributed by atoms with E-state index < -0.39 is 0 Å². The topological polar surface area (TPSA) is 97.5 Å². The molecule has 3 N–H and O–H groups in total. The molecule has 8 nitrogen and oxygen atoms in total. The molecule has 1 spiro atoms. The van der Waals surface area contributed by atoms with Crippen molar-refractivity contribution in [3.8, 4) is 22.8 Å². The summed E-state index contributed by atoms with van der Waals surface area (Å²) < 4.78 is 16.9. The summed E-state index contributed by atoms with van der Waals surface area (Å²) in [6.07, 6.45) is 5.34. The fourth-order valence-electron chi connectivity index (χ4n) is 4.38. The van der Waals surface area contributed by atoms with Gasteiger partial charge in [-0.1, -0.05) is 17.7 Å². The number of aromatic nitrogens is 2. The number of carbonyl (C=O) groups is 1. The number of methoxy groups -OCH3 is 2. The number of hydrogen-bond donors (Lipinski definition) is 3. The summed E-state index contributed by atoms with van der Waals surface area (Å²) in [5, 5.41) is 6.98. The summed E-state index contributed by atoms with van der Waals surface area (Å²) in [6, 6.07) is 7.34. The fraction of sp³-hybridized carbons (Fsp3) is 0.360. The van der Waals surface area contributed by atoms with Gasteiger partial charge < -0.3 is 29.8 Å². The molecule has 1 aliphatic carbocycles. The summed E-state index contributed by atoms with van der Waals surface area (Å²) in [7, 11) is 3.21. The molecule has 0 saturated heterocycles. The van der Waals surface area contributed by atoms with Crippen molar-refractivity contribution >= 4 is 28.9 Å². The standard InChI is InChI=1S/C25H27ClN4O4/c1-14(32-2)12-34-18-11-27-10-7-15(18)20-21(29-17-6-4-5-16(26)22(17)33-3)19-23(30-20)25(8-9-25)13-28-24(19)31/h4-7,10-11,14,29-30H,8-9,12-13H2,1-3H3,(H,28,31)/t14-/m0/s1. The van der Waals surface area contributed by atoms with Crippen LogP contribution in [0.25, 0.3) is 11.3 Å². The second-order valence-corrected chi connectivity index (χ2v) is 9.17. The summed E-state index contributed by atoms with van der Waals surface area (Å²) in [4.78, 5) is 21.0. The number of carbonyl (C=O) groups excluding carboxylic acids is 1. The Morgan fingerprint density at radius 1 is 1.26 bits per heavy atom. The Morgan fingerprint density at radius 3 is 2.82 bits per heavy atom. The predicted octanol–water partition coefficient (Wildman–Crippen LogP) is 4.67. The van der Waals surface area contributed by atoms with E-state index in [1.54, 1.807) is 32.7 Å². The number of H-pyrrole nitrogens is 1. The minimum atomic E-state index is -0.122. The molecule has 3 heterocycles. The van der Waals surface area contributed by atoms with Gasteiger partial charge in [-0.05, 0) is 38.0 Å². The Kier molecular flexibility index (Phi) is 5.87. The minimum Gasteiger partial charge on any atom is -0.493 e. The number of fused-ring (bicyclic) bond motifs is 2. The summed E-state index contributed by atoms with van der Waals surface area (Å²) in [5.41, 5.74) is 4.34. The monoisotopic (exact) mass is 482 g/mol. The third kappa shape index (κ3) is 3.86. The Hall–Kier alpha value is -3.23. The number of ether oxygens (including phenoxy) is 3. The molecule has 3 aromatic rings. The van der Waals surface area contributed by atoms with E-state index in [0.717, 1.165) is 29.8 Å². The van der Waals surface area contributed by atoms with Crippen LogP contribution in [-0.4, -0.2) is 49.4 Å². The maximum atomic E-state index is 13.1. The summed E-state index contributed by atoms with van der Waals surface area (Å²) in [5.74, 6) is 0.974. The Bertz CT molecular complexity index is 1240. The Balaban J connectivity index is 1.66. The molecule has 1 amide bonds. The van der Waals surface area contributed by atoms with E-state index in [4.69, 9.17) is 25.8 Å². The second kappa shape index (κ2) is 8.85. The Labute approximate surface area is 203 Å². The van der Waals surface area contributed by atoms with Gasteiger partial charge in [0, 0.05) is 36.5 Å². The van der Waals surface area contributed by atoms with E-state index in [9.17, 15) is 4.79 Å². The van der Waals surface area contributed by atoms with Gasteiger partial charge in [0.2, 0.25) is 0 Å². The number of hydrogen-bond acceptors (Lipinski definition) is 6. The number of para-hydroxylation sites is 1. The number of benzene rings is 1. The first-order valence-electron chi connectivity index (χ1n) is 11.2. The van der Waals surface area contributed by atoms with Crippen LogP contribution < -0.4 is 20.1 Å². The zero-order chi connectivity index (χ0) is 23.9. The number of nitrogens with one attached hydrogen (secondary N) is 3. The van der Waals surface area contributed by atoms with Gasteiger partial charge >= 0.3 is 0 Å². The van der Waals surface area contributed by atoms with Crippen LogP contribution in [0.15, 0.2) is 36.7 Å². The van der Waals surface area contributed by atoms with Crippen LogP contribution in [0.1, 0.15) is 35.8 Å². The molecule has 9 heteroatoms. The number of halogens is 1. The third-order valence-electron chi connectivity index (χ3n) is 6.56. The highest BCUT2D eigenvalue weighted by atomic mass is 35.5. The van der Waals surface area contributed by atoms with Crippen LogP contribution in [0.2, 0.25) is 5.02 Å². The van der Waals surface area contributed by atoms with Gasteiger partial charge in [0.25, 0.3) is 5.91 Å². The SMILES string of the molecule is COc1c(Cl)cccc1Nc1c(-c2ccncc2OC[C@H](C)OC)[nH]c2c1C(=O)NCC21CC1. The number of anilines is 2. The van der Waals surface area contributed by atoms with Gasteiger partial charge in [0.05, 0.1) is 47.1 Å². The van der Waals surface area contributed by atoms with Crippen molar-refractivity contribution in [3.05, 3.63) is 52.9 Å². The molecular formula is C25H27ClN4O4. The molecule has 178 valence electrons. The van der Waals surface area contributed by atoms with Gasteiger partial charge in [0.1, 0.15) is 12.4 Å². The summed E-state index contributed by atoms with van der Waals surface area (Å²) in [6.45, 7) is 2.93. The van der Waals surface area contributed by atoms with Crippen LogP contribution in [-0.2, 0) is 10.2 Å². The largest absolute Gasteiger partial charge is 0.493 e. The molecule has 1 atom stereocenters. The first-order chi connectivity index (χ1) is 16.5. The van der Waals surface area contributed by atoms with E-state index in [2.05, 4.69) is 20.6 Å². The smallest absolute Gasteiger partial charge is 0.255 e. The lowest BCUT2D eigenvalue weighted by molar-refractivity contribution is 0.0717. The average Bonchev–Trinajstić information content (AvgIpc) is 3.53. The highest BCUT2D eigenvalue weighted by molar-refractivity contribution is 6.32. The third-order valence-corrected chi connectivity index (χ3v) is 6.86. The van der Waals surface area contributed by atoms with Crippen molar-refractivity contribution < 1.29 is 19.0 Å². The van der Waals surface area contributed by atoms with E-state index in [1.165, 1.54) is 0 Å². The van der Waals surface area contributed by atoms with Crippen LogP contribution in [0.4, 0.5) is 11.4 Å². The van der Waals surface area contributed by atoms with Gasteiger partial charge in [-0.15, -0.1) is 0 Å². The number of rotatable bonds is 8. The molecule has 1 aromatic carbocycles. The highest BCUT2D eigenvalue weighted by Gasteiger charge is 2.51. The molecule has 1 aliphatic heterocycles. The molecule has 2 aliphatic rings. The van der Waals surface area contributed by atoms with Crippen molar-refractivity contribution in [2.75, 3.05) is 32.7 Å². The predicted molar refractivity (Wildman–Crippen MR) is 131 cm³/mol. The van der Waals surface area contributed by atoms with Gasteiger partial charge in [-0.25, -0.2) is 0 Å². The summed E-state index contributed by atoms with van der Waals surface area (Å²) >= 11 is 6.37. The van der Waals surface area contributed by atoms with Crippen molar-refractivity contribution in [2.45, 2.75) is 31.3 Å². The zero-order valence-electron chi connectivity index (χ0n) is 19.3. The maximum Gasteiger partial charge on any atom is 0.255 e. The molecule has 1 fully saturated rings. The lowest BCUT2D eigenvalue weighted by Crippen LogP contribution is -2.39. The molecule has 0 unspecified atom stereocenters. The van der Waals surface area contributed by atoms with Crippen LogP contribution >= 0.6 is 11.6 Å². The number of amides is 1. The average molecular weight is 483 g/mol. The fourth-order valence-corrected chi connectivity index (χ4v) is 4.63. The van der Waals surface area contributed by atoms with Gasteiger partial charge in [0.15, 0.2) is 5.75 Å². The van der Waals surface area contributed by atoms with Crippen LogP contribution in [0.3, 0.4) is 0 Å². The number of nitrogens with zero attached hydrogens (tertiary/aromatic N) is 1. The van der Waals surface area contributed by atoms with Crippen molar-refractivity contribution in [2.24, 2.45) is 0 Å². The molecule has 5 rings (SSSR count).